The van der Waals surface area contributed by atoms with Gasteiger partial charge in [-0.05, 0) is 20.8 Å². The Balaban J connectivity index is 3.23. The second-order valence-corrected chi connectivity index (χ2v) is 6.85. The van der Waals surface area contributed by atoms with Crippen LogP contribution < -0.4 is 0 Å². The summed E-state index contributed by atoms with van der Waals surface area (Å²) >= 11 is 0. The van der Waals surface area contributed by atoms with Crippen molar-refractivity contribution >= 4 is 16.0 Å². The number of carboxylic acid groups (broad SMARTS) is 1. The van der Waals surface area contributed by atoms with Gasteiger partial charge in [-0.25, -0.2) is 8.42 Å². The molecule has 1 aromatic rings. The molecule has 0 spiro atoms. The normalized spacial score (nSPS) is 13.1. The lowest BCUT2D eigenvalue weighted by atomic mass is 10.2. The Morgan fingerprint density at radius 1 is 1.52 bits per heavy atom. The minimum atomic E-state index is -3.81. The average Bonchev–Trinajstić information content (AvgIpc) is 2.63. The van der Waals surface area contributed by atoms with E-state index in [1.54, 1.807) is 6.92 Å². The van der Waals surface area contributed by atoms with Crippen molar-refractivity contribution in [2.45, 2.75) is 32.2 Å². The Labute approximate surface area is 123 Å². The van der Waals surface area contributed by atoms with Gasteiger partial charge in [0.15, 0.2) is 0 Å². The predicted molar refractivity (Wildman–Crippen MR) is 73.9 cm³/mol. The molecule has 0 radical (unpaired) electrons. The number of sulfonamides is 1. The number of carboxylic acids is 1. The van der Waals surface area contributed by atoms with Crippen molar-refractivity contribution in [1.29, 1.82) is 5.26 Å². The highest BCUT2D eigenvalue weighted by Crippen LogP contribution is 2.23. The van der Waals surface area contributed by atoms with Gasteiger partial charge in [0.25, 0.3) is 0 Å². The second kappa shape index (κ2) is 6.24. The molecule has 1 N–H and O–H groups in total. The van der Waals surface area contributed by atoms with Crippen molar-refractivity contribution in [2.24, 2.45) is 5.92 Å². The predicted octanol–water partition coefficient (Wildman–Crippen LogP) is 0.365. The summed E-state index contributed by atoms with van der Waals surface area (Å²) in [6, 6.07) is 1.98. The van der Waals surface area contributed by atoms with Gasteiger partial charge in [-0.15, -0.1) is 0 Å². The van der Waals surface area contributed by atoms with Crippen LogP contribution in [-0.4, -0.2) is 47.2 Å². The van der Waals surface area contributed by atoms with E-state index in [-0.39, 0.29) is 22.8 Å². The van der Waals surface area contributed by atoms with Crippen LogP contribution in [0, 0.1) is 31.1 Å². The third-order valence-corrected chi connectivity index (χ3v) is 5.10. The average molecular weight is 314 g/mol. The summed E-state index contributed by atoms with van der Waals surface area (Å²) in [5.41, 5.74) is 0.511. The van der Waals surface area contributed by atoms with Crippen LogP contribution >= 0.6 is 0 Å². The Morgan fingerprint density at radius 3 is 2.57 bits per heavy atom. The number of aromatic nitrogens is 2. The summed E-state index contributed by atoms with van der Waals surface area (Å²) in [6.45, 7) is 4.30. The Hall–Kier alpha value is -1.92. The number of aliphatic carboxylic acids is 1. The van der Waals surface area contributed by atoms with Gasteiger partial charge in [-0.2, -0.15) is 14.7 Å². The molecule has 1 aromatic heterocycles. The molecule has 0 bridgehead atoms. The first-order chi connectivity index (χ1) is 9.61. The number of rotatable bonds is 6. The summed E-state index contributed by atoms with van der Waals surface area (Å²) in [5.74, 6) is -1.55. The van der Waals surface area contributed by atoms with Crippen LogP contribution in [0.4, 0.5) is 0 Å². The molecular weight excluding hydrogens is 296 g/mol. The van der Waals surface area contributed by atoms with Crippen LogP contribution in [0.5, 0.6) is 0 Å². The molecule has 0 aliphatic rings. The van der Waals surface area contributed by atoms with Crippen molar-refractivity contribution in [3.63, 3.8) is 0 Å². The number of carbonyl (C=O) groups is 1. The van der Waals surface area contributed by atoms with E-state index in [0.717, 1.165) is 8.99 Å². The molecule has 0 saturated carbocycles. The maximum absolute atomic E-state index is 12.5. The van der Waals surface area contributed by atoms with Gasteiger partial charge < -0.3 is 5.11 Å². The molecule has 9 heteroatoms. The molecule has 21 heavy (non-hydrogen) atoms. The number of hydrogen-bond acceptors (Lipinski definition) is 5. The maximum Gasteiger partial charge on any atom is 0.325 e. The standard InChI is InChI=1S/C12H18N4O4S/c1-8(5-13)6-15(4)21(19,20)12-9(2)14-16(10(12)3)7-11(17)18/h8H,6-7H2,1-4H3,(H,17,18). The molecule has 1 unspecified atom stereocenters. The smallest absolute Gasteiger partial charge is 0.325 e. The fourth-order valence-corrected chi connectivity index (χ4v) is 3.64. The van der Waals surface area contributed by atoms with Crippen molar-refractivity contribution in [3.05, 3.63) is 11.4 Å². The van der Waals surface area contributed by atoms with E-state index in [1.165, 1.54) is 20.9 Å². The van der Waals surface area contributed by atoms with Gasteiger partial charge in [0.05, 0.1) is 23.4 Å². The molecule has 0 fully saturated rings. The van der Waals surface area contributed by atoms with E-state index in [4.69, 9.17) is 10.4 Å². The van der Waals surface area contributed by atoms with Gasteiger partial charge in [-0.3, -0.25) is 9.48 Å². The van der Waals surface area contributed by atoms with Crippen LogP contribution in [0.2, 0.25) is 0 Å². The number of hydrogen-bond donors (Lipinski definition) is 1. The minimum absolute atomic E-state index is 0.00334. The molecule has 0 saturated heterocycles. The Morgan fingerprint density at radius 2 is 2.10 bits per heavy atom. The van der Waals surface area contributed by atoms with Crippen molar-refractivity contribution in [1.82, 2.24) is 14.1 Å². The second-order valence-electron chi connectivity index (χ2n) is 4.87. The largest absolute Gasteiger partial charge is 0.480 e. The first-order valence-corrected chi connectivity index (χ1v) is 7.67. The maximum atomic E-state index is 12.5. The fraction of sp³-hybridized carbons (Fsp3) is 0.583. The summed E-state index contributed by atoms with van der Waals surface area (Å²) in [7, 11) is -2.43. The van der Waals surface area contributed by atoms with Crippen molar-refractivity contribution < 1.29 is 18.3 Å². The monoisotopic (exact) mass is 314 g/mol. The van der Waals surface area contributed by atoms with Crippen LogP contribution in [-0.2, 0) is 21.4 Å². The Kier molecular flexibility index (Phi) is 5.09. The zero-order valence-electron chi connectivity index (χ0n) is 12.4. The number of aryl methyl sites for hydroxylation is 1. The molecule has 0 aliphatic heterocycles. The third-order valence-electron chi connectivity index (χ3n) is 3.02. The summed E-state index contributed by atoms with van der Waals surface area (Å²) in [5, 5.41) is 21.5. The lowest BCUT2D eigenvalue weighted by molar-refractivity contribution is -0.137. The van der Waals surface area contributed by atoms with Crippen LogP contribution in [0.3, 0.4) is 0 Å². The first kappa shape index (κ1) is 17.1. The van der Waals surface area contributed by atoms with Crippen molar-refractivity contribution in [2.75, 3.05) is 13.6 Å². The fourth-order valence-electron chi connectivity index (χ4n) is 2.02. The summed E-state index contributed by atoms with van der Waals surface area (Å²) < 4.78 is 27.3. The van der Waals surface area contributed by atoms with Gasteiger partial charge in [0.1, 0.15) is 11.4 Å². The SMILES string of the molecule is Cc1nn(CC(=O)O)c(C)c1S(=O)(=O)N(C)CC(C)C#N. The molecule has 0 aliphatic carbocycles. The molecule has 1 rings (SSSR count). The van der Waals surface area contributed by atoms with E-state index in [9.17, 15) is 13.2 Å². The van der Waals surface area contributed by atoms with E-state index in [0.29, 0.717) is 0 Å². The first-order valence-electron chi connectivity index (χ1n) is 6.23. The molecule has 116 valence electrons. The van der Waals surface area contributed by atoms with E-state index < -0.39 is 28.5 Å². The topological polar surface area (TPSA) is 116 Å². The highest BCUT2D eigenvalue weighted by atomic mass is 32.2. The molecular formula is C12H18N4O4S. The molecule has 0 amide bonds. The quantitative estimate of drug-likeness (QED) is 0.810. The van der Waals surface area contributed by atoms with E-state index in [1.807, 2.05) is 6.07 Å². The third kappa shape index (κ3) is 3.59. The van der Waals surface area contributed by atoms with Crippen LogP contribution in [0.1, 0.15) is 18.3 Å². The lowest BCUT2D eigenvalue weighted by Crippen LogP contribution is -2.31. The van der Waals surface area contributed by atoms with Gasteiger partial charge >= 0.3 is 5.97 Å². The molecule has 1 heterocycles. The van der Waals surface area contributed by atoms with E-state index in [2.05, 4.69) is 5.10 Å². The molecule has 0 aromatic carbocycles. The van der Waals surface area contributed by atoms with Crippen molar-refractivity contribution in [3.8, 4) is 6.07 Å². The number of nitriles is 1. The summed E-state index contributed by atoms with van der Waals surface area (Å²) in [6.07, 6.45) is 0. The number of nitrogens with zero attached hydrogens (tertiary/aromatic N) is 4. The zero-order valence-corrected chi connectivity index (χ0v) is 13.2. The Bertz CT molecular complexity index is 687. The molecule has 1 atom stereocenters. The zero-order chi connectivity index (χ0) is 16.4. The minimum Gasteiger partial charge on any atom is -0.480 e. The lowest BCUT2D eigenvalue weighted by Gasteiger charge is -2.18. The van der Waals surface area contributed by atoms with E-state index >= 15 is 0 Å². The van der Waals surface area contributed by atoms with Crippen LogP contribution in [0.25, 0.3) is 0 Å². The highest BCUT2D eigenvalue weighted by Gasteiger charge is 2.29. The highest BCUT2D eigenvalue weighted by molar-refractivity contribution is 7.89. The molecule has 8 nitrogen and oxygen atoms in total. The summed E-state index contributed by atoms with van der Waals surface area (Å²) in [4.78, 5) is 10.7. The van der Waals surface area contributed by atoms with Gasteiger partial charge in [-0.1, -0.05) is 0 Å². The van der Waals surface area contributed by atoms with Gasteiger partial charge in [0, 0.05) is 13.6 Å². The van der Waals surface area contributed by atoms with Gasteiger partial charge in [0.2, 0.25) is 10.0 Å². The van der Waals surface area contributed by atoms with Crippen LogP contribution in [0.15, 0.2) is 4.90 Å².